The Bertz CT molecular complexity index is 1660. The molecule has 2 aromatic heterocycles. The van der Waals surface area contributed by atoms with Crippen molar-refractivity contribution in [1.29, 1.82) is 0 Å². The number of aromatic nitrogens is 4. The number of benzene rings is 2. The molecule has 2 saturated carbocycles. The molecule has 7 rings (SSSR count). The van der Waals surface area contributed by atoms with Gasteiger partial charge in [-0.2, -0.15) is 0 Å². The summed E-state index contributed by atoms with van der Waals surface area (Å²) in [6.07, 6.45) is 7.04. The molecular weight excluding hydrogens is 648 g/mol. The average Bonchev–Trinajstić information content (AvgIpc) is 4.00. The molecule has 4 aromatic rings. The molecule has 0 radical (unpaired) electrons. The normalized spacial score (nSPS) is 22.8. The first kappa shape index (κ1) is 35.3. The van der Waals surface area contributed by atoms with E-state index in [-0.39, 0.29) is 18.5 Å². The van der Waals surface area contributed by atoms with Crippen LogP contribution in [0.3, 0.4) is 0 Å². The smallest absolute Gasteiger partial charge is 0.315 e. The Morgan fingerprint density at radius 3 is 2.10 bits per heavy atom. The van der Waals surface area contributed by atoms with Crippen LogP contribution in [0.4, 0.5) is 10.6 Å². The molecule has 1 saturated heterocycles. The minimum Gasteiger partial charge on any atom is -0.394 e. The number of nitrogens with zero attached hydrogens (tertiary/aromatic N) is 5. The second kappa shape index (κ2) is 16.5. The van der Waals surface area contributed by atoms with Gasteiger partial charge in [-0.15, -0.1) is 0 Å². The summed E-state index contributed by atoms with van der Waals surface area (Å²) in [6.45, 7) is 1.49. The number of aliphatic hydroxyl groups excluding tert-OH is 3. The van der Waals surface area contributed by atoms with Gasteiger partial charge in [0, 0.05) is 37.6 Å². The number of imidazole rings is 1. The van der Waals surface area contributed by atoms with Crippen molar-refractivity contribution in [2.24, 2.45) is 0 Å². The maximum absolute atomic E-state index is 13.1. The number of anilines is 1. The van der Waals surface area contributed by atoms with E-state index in [1.54, 1.807) is 4.57 Å². The lowest BCUT2D eigenvalue weighted by Crippen LogP contribution is -2.46. The number of hydrogen-bond acceptors (Lipinski definition) is 10. The van der Waals surface area contributed by atoms with Crippen LogP contribution in [0.15, 0.2) is 67.0 Å². The summed E-state index contributed by atoms with van der Waals surface area (Å²) in [7, 11) is 0. The topological polar surface area (TPSA) is 170 Å². The summed E-state index contributed by atoms with van der Waals surface area (Å²) in [6, 6.07) is 21.4. The zero-order chi connectivity index (χ0) is 35.2. The fraction of sp³-hybridized carbons (Fsp3) is 0.526. The maximum Gasteiger partial charge on any atom is 0.315 e. The van der Waals surface area contributed by atoms with Crippen molar-refractivity contribution in [2.75, 3.05) is 31.6 Å². The number of rotatable bonds is 14. The molecule has 0 bridgehead atoms. The first-order valence-corrected chi connectivity index (χ1v) is 18.5. The van der Waals surface area contributed by atoms with Crippen LogP contribution in [0.25, 0.3) is 11.2 Å². The van der Waals surface area contributed by atoms with Gasteiger partial charge in [0.05, 0.1) is 19.5 Å². The van der Waals surface area contributed by atoms with Crippen LogP contribution >= 0.6 is 0 Å². The minimum atomic E-state index is -1.31. The molecule has 13 nitrogen and oxygen atoms in total. The zero-order valence-electron chi connectivity index (χ0n) is 29.0. The predicted molar refractivity (Wildman–Crippen MR) is 193 cm³/mol. The van der Waals surface area contributed by atoms with Gasteiger partial charge in [0.2, 0.25) is 0 Å². The van der Waals surface area contributed by atoms with Crippen LogP contribution in [0, 0.1) is 0 Å². The molecule has 3 fully saturated rings. The van der Waals surface area contributed by atoms with Crippen molar-refractivity contribution in [3.63, 3.8) is 0 Å². The molecule has 2 aromatic carbocycles. The molecule has 0 spiro atoms. The molecule has 3 heterocycles. The highest BCUT2D eigenvalue weighted by molar-refractivity contribution is 5.83. The highest BCUT2D eigenvalue weighted by Gasteiger charge is 2.44. The SMILES string of the molecule is O=C(NCCN(C1CCCC1)C1CCCC1)NCc1nc(NCC(c2ccccc2)c2ccccc2)c2ncn([C@@H]3O[C@H](CO)[C@@H](O)[C@@H]3O)c2n1. The van der Waals surface area contributed by atoms with Crippen molar-refractivity contribution in [1.82, 2.24) is 35.1 Å². The number of aliphatic hydroxyl groups is 3. The maximum atomic E-state index is 13.1. The summed E-state index contributed by atoms with van der Waals surface area (Å²) < 4.78 is 7.37. The van der Waals surface area contributed by atoms with Crippen molar-refractivity contribution in [3.05, 3.63) is 83.9 Å². The molecule has 1 aliphatic heterocycles. The van der Waals surface area contributed by atoms with Gasteiger partial charge >= 0.3 is 6.03 Å². The quantitative estimate of drug-likeness (QED) is 0.114. The van der Waals surface area contributed by atoms with Crippen LogP contribution < -0.4 is 16.0 Å². The van der Waals surface area contributed by atoms with Gasteiger partial charge in [-0.1, -0.05) is 86.3 Å². The van der Waals surface area contributed by atoms with E-state index in [0.717, 1.165) is 17.7 Å². The largest absolute Gasteiger partial charge is 0.394 e. The third-order valence-corrected chi connectivity index (χ3v) is 10.8. The van der Waals surface area contributed by atoms with Gasteiger partial charge in [0.25, 0.3) is 0 Å². The highest BCUT2D eigenvalue weighted by atomic mass is 16.6. The fourth-order valence-corrected chi connectivity index (χ4v) is 8.11. The lowest BCUT2D eigenvalue weighted by Gasteiger charge is -2.34. The summed E-state index contributed by atoms with van der Waals surface area (Å²) >= 11 is 0. The number of amides is 2. The molecule has 2 aliphatic carbocycles. The van der Waals surface area contributed by atoms with Crippen molar-refractivity contribution in [3.8, 4) is 0 Å². The average molecular weight is 699 g/mol. The van der Waals surface area contributed by atoms with Gasteiger partial charge in [0.15, 0.2) is 29.0 Å². The van der Waals surface area contributed by atoms with E-state index >= 15 is 0 Å². The Morgan fingerprint density at radius 2 is 1.51 bits per heavy atom. The Hall–Kier alpha value is -4.14. The minimum absolute atomic E-state index is 0.000308. The Labute approximate surface area is 298 Å². The highest BCUT2D eigenvalue weighted by Crippen LogP contribution is 2.34. The van der Waals surface area contributed by atoms with Crippen LogP contribution in [-0.2, 0) is 11.3 Å². The second-order valence-electron chi connectivity index (χ2n) is 14.0. The third-order valence-electron chi connectivity index (χ3n) is 10.8. The first-order chi connectivity index (χ1) is 25.0. The molecule has 0 unspecified atom stereocenters. The van der Waals surface area contributed by atoms with Crippen molar-refractivity contribution in [2.45, 2.75) is 100 Å². The summed E-state index contributed by atoms with van der Waals surface area (Å²) in [4.78, 5) is 29.8. The van der Waals surface area contributed by atoms with Crippen LogP contribution in [0.5, 0.6) is 0 Å². The fourth-order valence-electron chi connectivity index (χ4n) is 8.11. The van der Waals surface area contributed by atoms with Crippen molar-refractivity contribution < 1.29 is 24.9 Å². The number of carbonyl (C=O) groups excluding carboxylic acids is 1. The third kappa shape index (κ3) is 8.02. The monoisotopic (exact) mass is 698 g/mol. The summed E-state index contributed by atoms with van der Waals surface area (Å²) in [5.41, 5.74) is 3.08. The molecular formula is C38H50N8O5. The standard InChI is InChI=1S/C38H50N8O5/c47-23-30-33(48)34(49)37(51-30)46-24-42-32-35(40-21-29(25-11-3-1-4-12-25)26-13-5-2-6-14-26)43-31(44-36(32)46)22-41-38(50)39-19-20-45(27-15-7-8-16-27)28-17-9-10-18-28/h1-6,11-14,24,27-30,33-34,37,47-49H,7-10,15-23H2,(H2,39,41,50)(H,40,43,44)/t30-,33-,34+,37-/m1/s1. The van der Waals surface area contributed by atoms with Crippen LogP contribution in [-0.4, -0.2) is 102 Å². The van der Waals surface area contributed by atoms with Crippen molar-refractivity contribution >= 4 is 23.0 Å². The summed E-state index contributed by atoms with van der Waals surface area (Å²) in [5, 5.41) is 40.5. The summed E-state index contributed by atoms with van der Waals surface area (Å²) in [5.74, 6) is 0.798. The molecule has 4 atom stereocenters. The number of urea groups is 1. The van der Waals surface area contributed by atoms with Gasteiger partial charge in [-0.05, 0) is 36.8 Å². The van der Waals surface area contributed by atoms with E-state index < -0.39 is 31.1 Å². The van der Waals surface area contributed by atoms with E-state index in [4.69, 9.17) is 14.7 Å². The number of ether oxygens (including phenoxy) is 1. The van der Waals surface area contributed by atoms with E-state index in [1.807, 2.05) is 36.4 Å². The van der Waals surface area contributed by atoms with E-state index in [1.165, 1.54) is 57.7 Å². The lowest BCUT2D eigenvalue weighted by atomic mass is 9.91. The van der Waals surface area contributed by atoms with Crippen LogP contribution in [0.1, 0.15) is 80.5 Å². The molecule has 6 N–H and O–H groups in total. The lowest BCUT2D eigenvalue weighted by molar-refractivity contribution is -0.0511. The second-order valence-corrected chi connectivity index (χ2v) is 14.0. The first-order valence-electron chi connectivity index (χ1n) is 18.5. The van der Waals surface area contributed by atoms with Gasteiger partial charge in [0.1, 0.15) is 18.3 Å². The van der Waals surface area contributed by atoms with E-state index in [2.05, 4.69) is 50.1 Å². The molecule has 272 valence electrons. The number of nitrogens with one attached hydrogen (secondary N) is 3. The van der Waals surface area contributed by atoms with Crippen LogP contribution in [0.2, 0.25) is 0 Å². The van der Waals surface area contributed by atoms with Gasteiger partial charge in [-0.3, -0.25) is 9.47 Å². The Kier molecular flexibility index (Phi) is 11.4. The Morgan fingerprint density at radius 1 is 0.882 bits per heavy atom. The predicted octanol–water partition coefficient (Wildman–Crippen LogP) is 3.67. The van der Waals surface area contributed by atoms with Gasteiger partial charge in [-0.25, -0.2) is 19.7 Å². The molecule has 2 amide bonds. The van der Waals surface area contributed by atoms with E-state index in [0.29, 0.717) is 48.0 Å². The van der Waals surface area contributed by atoms with Gasteiger partial charge < -0.3 is 36.0 Å². The molecule has 3 aliphatic rings. The zero-order valence-corrected chi connectivity index (χ0v) is 29.0. The number of fused-ring (bicyclic) bond motifs is 1. The Balaban J connectivity index is 1.09. The molecule has 51 heavy (non-hydrogen) atoms. The number of carbonyl (C=O) groups is 1. The number of hydrogen-bond donors (Lipinski definition) is 6. The van der Waals surface area contributed by atoms with E-state index in [9.17, 15) is 20.1 Å². The molecule has 13 heteroatoms.